The van der Waals surface area contributed by atoms with E-state index in [9.17, 15) is 4.79 Å². The summed E-state index contributed by atoms with van der Waals surface area (Å²) >= 11 is 0. The molecule has 0 aromatic heterocycles. The van der Waals surface area contributed by atoms with Crippen molar-refractivity contribution in [3.05, 3.63) is 35.9 Å². The molecule has 0 aliphatic rings. The maximum atomic E-state index is 12.4. The van der Waals surface area contributed by atoms with E-state index in [-0.39, 0.29) is 11.9 Å². The van der Waals surface area contributed by atoms with Gasteiger partial charge in [-0.25, -0.2) is 0 Å². The van der Waals surface area contributed by atoms with Crippen molar-refractivity contribution in [1.29, 1.82) is 0 Å². The normalized spacial score (nSPS) is 12.8. The third-order valence-electron chi connectivity index (χ3n) is 3.14. The molecule has 1 amide bonds. The van der Waals surface area contributed by atoms with Crippen LogP contribution in [0.4, 0.5) is 0 Å². The average Bonchev–Trinajstić information content (AvgIpc) is 2.35. The highest BCUT2D eigenvalue weighted by molar-refractivity contribution is 5.81. The lowest BCUT2D eigenvalue weighted by Crippen LogP contribution is -2.47. The summed E-state index contributed by atoms with van der Waals surface area (Å²) in [6.45, 7) is 8.86. The highest BCUT2D eigenvalue weighted by atomic mass is 16.2. The van der Waals surface area contributed by atoms with Crippen LogP contribution in [-0.2, 0) is 11.3 Å². The Balaban J connectivity index is 2.75. The summed E-state index contributed by atoms with van der Waals surface area (Å²) < 4.78 is 0. The topological polar surface area (TPSA) is 46.3 Å². The van der Waals surface area contributed by atoms with Gasteiger partial charge in [-0.1, -0.05) is 44.2 Å². The third kappa shape index (κ3) is 5.03. The van der Waals surface area contributed by atoms with Crippen molar-refractivity contribution in [2.75, 3.05) is 0 Å². The molecule has 0 bridgehead atoms. The minimum atomic E-state index is -0.397. The second-order valence-electron chi connectivity index (χ2n) is 5.78. The predicted octanol–water partition coefficient (Wildman–Crippen LogP) is 2.80. The number of nitrogens with two attached hydrogens (primary N) is 1. The standard InChI is InChI=1S/C16H26N2O/c1-12(2)10-15(17)16(19)18(13(3)4)11-14-8-6-5-7-9-14/h5-9,12-13,15H,10-11,17H2,1-4H3/t15-/m1/s1. The Bertz CT molecular complexity index is 387. The maximum Gasteiger partial charge on any atom is 0.240 e. The molecular formula is C16H26N2O. The summed E-state index contributed by atoms with van der Waals surface area (Å²) in [4.78, 5) is 14.3. The number of hydrogen-bond donors (Lipinski definition) is 1. The van der Waals surface area contributed by atoms with E-state index in [0.29, 0.717) is 12.5 Å². The van der Waals surface area contributed by atoms with E-state index in [1.54, 1.807) is 0 Å². The Morgan fingerprint density at radius 2 is 1.74 bits per heavy atom. The number of amides is 1. The van der Waals surface area contributed by atoms with Crippen molar-refractivity contribution in [3.8, 4) is 0 Å². The van der Waals surface area contributed by atoms with Crippen molar-refractivity contribution in [2.24, 2.45) is 11.7 Å². The molecule has 0 saturated heterocycles. The van der Waals surface area contributed by atoms with Gasteiger partial charge in [-0.15, -0.1) is 0 Å². The first-order chi connectivity index (χ1) is 8.91. The van der Waals surface area contributed by atoms with Crippen LogP contribution in [0.2, 0.25) is 0 Å². The van der Waals surface area contributed by atoms with Crippen LogP contribution in [0.5, 0.6) is 0 Å². The molecule has 0 saturated carbocycles. The zero-order valence-corrected chi connectivity index (χ0v) is 12.5. The summed E-state index contributed by atoms with van der Waals surface area (Å²) in [5.41, 5.74) is 7.16. The van der Waals surface area contributed by atoms with Gasteiger partial charge < -0.3 is 10.6 Å². The molecule has 0 aliphatic heterocycles. The van der Waals surface area contributed by atoms with E-state index in [2.05, 4.69) is 13.8 Å². The van der Waals surface area contributed by atoms with Gasteiger partial charge in [0.15, 0.2) is 0 Å². The number of carbonyl (C=O) groups excluding carboxylic acids is 1. The molecule has 2 N–H and O–H groups in total. The molecule has 0 aliphatic carbocycles. The fraction of sp³-hybridized carbons (Fsp3) is 0.562. The van der Waals surface area contributed by atoms with Gasteiger partial charge in [0, 0.05) is 12.6 Å². The van der Waals surface area contributed by atoms with Crippen LogP contribution >= 0.6 is 0 Å². The summed E-state index contributed by atoms with van der Waals surface area (Å²) in [6, 6.07) is 9.80. The second-order valence-corrected chi connectivity index (χ2v) is 5.78. The van der Waals surface area contributed by atoms with Gasteiger partial charge in [-0.3, -0.25) is 4.79 Å². The van der Waals surface area contributed by atoms with E-state index < -0.39 is 6.04 Å². The molecule has 106 valence electrons. The molecule has 1 atom stereocenters. The zero-order valence-electron chi connectivity index (χ0n) is 12.5. The van der Waals surface area contributed by atoms with E-state index in [4.69, 9.17) is 5.73 Å². The highest BCUT2D eigenvalue weighted by Gasteiger charge is 2.23. The lowest BCUT2D eigenvalue weighted by molar-refractivity contribution is -0.135. The Morgan fingerprint density at radius 3 is 2.21 bits per heavy atom. The fourth-order valence-electron chi connectivity index (χ4n) is 2.12. The number of hydrogen-bond acceptors (Lipinski definition) is 2. The van der Waals surface area contributed by atoms with E-state index in [1.807, 2.05) is 49.1 Å². The molecular weight excluding hydrogens is 236 g/mol. The van der Waals surface area contributed by atoms with Crippen LogP contribution < -0.4 is 5.73 Å². The van der Waals surface area contributed by atoms with Crippen molar-refractivity contribution in [2.45, 2.75) is 52.7 Å². The molecule has 0 spiro atoms. The van der Waals surface area contributed by atoms with Gasteiger partial charge >= 0.3 is 0 Å². The van der Waals surface area contributed by atoms with Crippen LogP contribution in [-0.4, -0.2) is 22.9 Å². The molecule has 0 heterocycles. The Morgan fingerprint density at radius 1 is 1.16 bits per heavy atom. The van der Waals surface area contributed by atoms with Crippen LogP contribution in [0.3, 0.4) is 0 Å². The second kappa shape index (κ2) is 7.29. The van der Waals surface area contributed by atoms with Gasteiger partial charge in [-0.05, 0) is 31.7 Å². The molecule has 0 unspecified atom stereocenters. The molecule has 3 nitrogen and oxygen atoms in total. The summed E-state index contributed by atoms with van der Waals surface area (Å²) in [5, 5.41) is 0. The first kappa shape index (κ1) is 15.7. The summed E-state index contributed by atoms with van der Waals surface area (Å²) in [7, 11) is 0. The predicted molar refractivity (Wildman–Crippen MR) is 79.6 cm³/mol. The summed E-state index contributed by atoms with van der Waals surface area (Å²) in [6.07, 6.45) is 0.733. The number of rotatable bonds is 6. The van der Waals surface area contributed by atoms with Crippen LogP contribution in [0, 0.1) is 5.92 Å². The van der Waals surface area contributed by atoms with E-state index >= 15 is 0 Å². The van der Waals surface area contributed by atoms with Gasteiger partial charge in [0.2, 0.25) is 5.91 Å². The lowest BCUT2D eigenvalue weighted by atomic mass is 10.0. The van der Waals surface area contributed by atoms with Crippen LogP contribution in [0.25, 0.3) is 0 Å². The molecule has 0 radical (unpaired) electrons. The molecule has 0 fully saturated rings. The van der Waals surface area contributed by atoms with Crippen molar-refractivity contribution >= 4 is 5.91 Å². The number of nitrogens with zero attached hydrogens (tertiary/aromatic N) is 1. The van der Waals surface area contributed by atoms with E-state index in [1.165, 1.54) is 0 Å². The highest BCUT2D eigenvalue weighted by Crippen LogP contribution is 2.12. The first-order valence-corrected chi connectivity index (χ1v) is 7.01. The lowest BCUT2D eigenvalue weighted by Gasteiger charge is -2.30. The molecule has 1 aromatic carbocycles. The largest absolute Gasteiger partial charge is 0.335 e. The van der Waals surface area contributed by atoms with Gasteiger partial charge in [0.25, 0.3) is 0 Å². The average molecular weight is 262 g/mol. The quantitative estimate of drug-likeness (QED) is 0.857. The smallest absolute Gasteiger partial charge is 0.240 e. The minimum absolute atomic E-state index is 0.0487. The Kier molecular flexibility index (Phi) is 6.03. The van der Waals surface area contributed by atoms with Gasteiger partial charge in [-0.2, -0.15) is 0 Å². The van der Waals surface area contributed by atoms with Gasteiger partial charge in [0.05, 0.1) is 6.04 Å². The van der Waals surface area contributed by atoms with E-state index in [0.717, 1.165) is 12.0 Å². The van der Waals surface area contributed by atoms with Crippen molar-refractivity contribution < 1.29 is 4.79 Å². The first-order valence-electron chi connectivity index (χ1n) is 7.01. The van der Waals surface area contributed by atoms with Crippen molar-refractivity contribution in [3.63, 3.8) is 0 Å². The van der Waals surface area contributed by atoms with Crippen LogP contribution in [0.15, 0.2) is 30.3 Å². The summed E-state index contributed by atoms with van der Waals surface area (Å²) in [5.74, 6) is 0.484. The molecule has 19 heavy (non-hydrogen) atoms. The molecule has 3 heteroatoms. The zero-order chi connectivity index (χ0) is 14.4. The third-order valence-corrected chi connectivity index (χ3v) is 3.14. The minimum Gasteiger partial charge on any atom is -0.335 e. The monoisotopic (exact) mass is 262 g/mol. The number of benzene rings is 1. The molecule has 1 aromatic rings. The molecule has 1 rings (SSSR count). The Labute approximate surface area is 116 Å². The van der Waals surface area contributed by atoms with Crippen LogP contribution in [0.1, 0.15) is 39.7 Å². The maximum absolute atomic E-state index is 12.4. The number of carbonyl (C=O) groups is 1. The van der Waals surface area contributed by atoms with Gasteiger partial charge in [0.1, 0.15) is 0 Å². The Hall–Kier alpha value is -1.35. The fourth-order valence-corrected chi connectivity index (χ4v) is 2.12. The van der Waals surface area contributed by atoms with Crippen molar-refractivity contribution in [1.82, 2.24) is 4.90 Å². The SMILES string of the molecule is CC(C)C[C@@H](N)C(=O)N(Cc1ccccc1)C(C)C.